The summed E-state index contributed by atoms with van der Waals surface area (Å²) in [6, 6.07) is 7.63. The Hall–Kier alpha value is -1.53. The summed E-state index contributed by atoms with van der Waals surface area (Å²) in [5, 5.41) is 0. The highest BCUT2D eigenvalue weighted by atomic mass is 79.9. The molecule has 0 aliphatic heterocycles. The maximum atomic E-state index is 11.3. The molecule has 0 N–H and O–H groups in total. The second-order valence-electron chi connectivity index (χ2n) is 4.97. The number of thiophene rings is 1. The smallest absolute Gasteiger partial charge is 0.344 e. The van der Waals surface area contributed by atoms with Crippen LogP contribution in [0.3, 0.4) is 0 Å². The van der Waals surface area contributed by atoms with Crippen LogP contribution in [0, 0.1) is 13.8 Å². The molecule has 0 aliphatic carbocycles. The fourth-order valence-corrected chi connectivity index (χ4v) is 3.72. The second-order valence-corrected chi connectivity index (χ2v) is 7.48. The zero-order chi connectivity index (χ0) is 16.8. The van der Waals surface area contributed by atoms with Gasteiger partial charge in [-0.2, -0.15) is 0 Å². The first kappa shape index (κ1) is 17.8. The molecule has 0 spiro atoms. The summed E-state index contributed by atoms with van der Waals surface area (Å²) in [4.78, 5) is 12.5. The molecular weight excluding hydrogens is 380 g/mol. The molecule has 0 saturated heterocycles. The lowest BCUT2D eigenvalue weighted by molar-refractivity contribution is -0.145. The molecule has 6 heteroatoms. The second kappa shape index (κ2) is 8.36. The molecule has 0 amide bonds. The van der Waals surface area contributed by atoms with E-state index in [0.29, 0.717) is 19.0 Å². The quantitative estimate of drug-likeness (QED) is 0.636. The van der Waals surface area contributed by atoms with Crippen molar-refractivity contribution in [1.29, 1.82) is 0 Å². The highest BCUT2D eigenvalue weighted by Gasteiger charge is 2.08. The number of carbonyl (C=O) groups is 1. The Balaban J connectivity index is 1.93. The Morgan fingerprint density at radius 2 is 1.96 bits per heavy atom. The molecule has 0 bridgehead atoms. The van der Waals surface area contributed by atoms with Crippen molar-refractivity contribution in [3.05, 3.63) is 44.1 Å². The van der Waals surface area contributed by atoms with E-state index < -0.39 is 0 Å². The molecule has 0 unspecified atom stereocenters. The van der Waals surface area contributed by atoms with Gasteiger partial charge in [0.15, 0.2) is 6.61 Å². The number of ether oxygens (including phenoxy) is 3. The largest absolute Gasteiger partial charge is 0.488 e. The monoisotopic (exact) mass is 398 g/mol. The topological polar surface area (TPSA) is 44.8 Å². The molecule has 1 aromatic carbocycles. The van der Waals surface area contributed by atoms with E-state index in [1.807, 2.05) is 19.1 Å². The maximum Gasteiger partial charge on any atom is 0.344 e. The van der Waals surface area contributed by atoms with E-state index in [1.54, 1.807) is 24.3 Å². The molecule has 2 rings (SSSR count). The SMILES string of the molecule is CCOC(=O)COc1ccc(OCc2sc(Br)cc2C)cc1C. The van der Waals surface area contributed by atoms with Gasteiger partial charge >= 0.3 is 5.97 Å². The lowest BCUT2D eigenvalue weighted by atomic mass is 10.2. The normalized spacial score (nSPS) is 10.4. The van der Waals surface area contributed by atoms with Gasteiger partial charge in [-0.15, -0.1) is 11.3 Å². The molecule has 0 aliphatic rings. The molecule has 2 aromatic rings. The summed E-state index contributed by atoms with van der Waals surface area (Å²) in [6.07, 6.45) is 0. The highest BCUT2D eigenvalue weighted by molar-refractivity contribution is 9.11. The Labute approximate surface area is 148 Å². The summed E-state index contributed by atoms with van der Waals surface area (Å²) >= 11 is 5.15. The summed E-state index contributed by atoms with van der Waals surface area (Å²) in [6.45, 7) is 6.55. The Morgan fingerprint density at radius 3 is 2.57 bits per heavy atom. The number of carbonyl (C=O) groups excluding carboxylic acids is 1. The minimum Gasteiger partial charge on any atom is -0.488 e. The molecule has 0 saturated carbocycles. The third kappa shape index (κ3) is 5.25. The molecule has 4 nitrogen and oxygen atoms in total. The fraction of sp³-hybridized carbons (Fsp3) is 0.353. The summed E-state index contributed by atoms with van der Waals surface area (Å²) in [5.74, 6) is 1.06. The number of benzene rings is 1. The van der Waals surface area contributed by atoms with Crippen molar-refractivity contribution < 1.29 is 19.0 Å². The molecular formula is C17H19BrO4S. The molecule has 1 heterocycles. The van der Waals surface area contributed by atoms with Crippen LogP contribution in [0.2, 0.25) is 0 Å². The van der Waals surface area contributed by atoms with Gasteiger partial charge in [0, 0.05) is 4.88 Å². The Bertz CT molecular complexity index is 681. The van der Waals surface area contributed by atoms with Gasteiger partial charge in [-0.25, -0.2) is 4.79 Å². The third-order valence-corrected chi connectivity index (χ3v) is 4.87. The van der Waals surface area contributed by atoms with Crippen molar-refractivity contribution >= 4 is 33.2 Å². The molecule has 1 aromatic heterocycles. The van der Waals surface area contributed by atoms with Crippen molar-refractivity contribution in [1.82, 2.24) is 0 Å². The van der Waals surface area contributed by atoms with Crippen LogP contribution in [-0.2, 0) is 16.1 Å². The number of esters is 1. The first-order valence-corrected chi connectivity index (χ1v) is 8.87. The van der Waals surface area contributed by atoms with Crippen LogP contribution in [0.15, 0.2) is 28.1 Å². The van der Waals surface area contributed by atoms with Crippen molar-refractivity contribution in [3.8, 4) is 11.5 Å². The lowest BCUT2D eigenvalue weighted by Crippen LogP contribution is -2.14. The predicted octanol–water partition coefficient (Wildman–Crippen LogP) is 4.65. The van der Waals surface area contributed by atoms with E-state index in [0.717, 1.165) is 15.1 Å². The van der Waals surface area contributed by atoms with Gasteiger partial charge in [-0.3, -0.25) is 0 Å². The van der Waals surface area contributed by atoms with E-state index in [9.17, 15) is 4.79 Å². The van der Waals surface area contributed by atoms with E-state index in [2.05, 4.69) is 28.9 Å². The van der Waals surface area contributed by atoms with Gasteiger partial charge < -0.3 is 14.2 Å². The van der Waals surface area contributed by atoms with Gasteiger partial charge in [0.1, 0.15) is 18.1 Å². The van der Waals surface area contributed by atoms with Gasteiger partial charge in [0.05, 0.1) is 10.4 Å². The number of hydrogen-bond acceptors (Lipinski definition) is 5. The molecule has 0 radical (unpaired) electrons. The third-order valence-electron chi connectivity index (χ3n) is 3.16. The predicted molar refractivity (Wildman–Crippen MR) is 94.4 cm³/mol. The molecule has 0 atom stereocenters. The number of hydrogen-bond donors (Lipinski definition) is 0. The van der Waals surface area contributed by atoms with E-state index >= 15 is 0 Å². The van der Waals surface area contributed by atoms with Gasteiger partial charge in [-0.05, 0) is 72.1 Å². The molecule has 124 valence electrons. The minimum atomic E-state index is -0.369. The van der Waals surface area contributed by atoms with E-state index in [-0.39, 0.29) is 12.6 Å². The van der Waals surface area contributed by atoms with Crippen molar-refractivity contribution in [2.24, 2.45) is 0 Å². The summed E-state index contributed by atoms with van der Waals surface area (Å²) < 4.78 is 17.2. The summed E-state index contributed by atoms with van der Waals surface area (Å²) in [7, 11) is 0. The first-order valence-electron chi connectivity index (χ1n) is 7.26. The van der Waals surface area contributed by atoms with Crippen LogP contribution in [-0.4, -0.2) is 19.2 Å². The van der Waals surface area contributed by atoms with Gasteiger partial charge in [0.25, 0.3) is 0 Å². The first-order chi connectivity index (χ1) is 11.0. The van der Waals surface area contributed by atoms with Crippen molar-refractivity contribution in [2.75, 3.05) is 13.2 Å². The van der Waals surface area contributed by atoms with Crippen LogP contribution < -0.4 is 9.47 Å². The molecule has 0 fully saturated rings. The van der Waals surface area contributed by atoms with Crippen LogP contribution in [0.25, 0.3) is 0 Å². The van der Waals surface area contributed by atoms with E-state index in [4.69, 9.17) is 14.2 Å². The number of halogens is 1. The molecule has 23 heavy (non-hydrogen) atoms. The van der Waals surface area contributed by atoms with Gasteiger partial charge in [-0.1, -0.05) is 0 Å². The van der Waals surface area contributed by atoms with Crippen LogP contribution >= 0.6 is 27.3 Å². The zero-order valence-electron chi connectivity index (χ0n) is 13.3. The number of rotatable bonds is 7. The number of aryl methyl sites for hydroxylation is 2. The summed E-state index contributed by atoms with van der Waals surface area (Å²) in [5.41, 5.74) is 2.13. The fourth-order valence-electron chi connectivity index (χ4n) is 1.98. The maximum absolute atomic E-state index is 11.3. The highest BCUT2D eigenvalue weighted by Crippen LogP contribution is 2.29. The van der Waals surface area contributed by atoms with Gasteiger partial charge in [0.2, 0.25) is 0 Å². The van der Waals surface area contributed by atoms with Crippen LogP contribution in [0.5, 0.6) is 11.5 Å². The van der Waals surface area contributed by atoms with Crippen LogP contribution in [0.1, 0.15) is 22.9 Å². The van der Waals surface area contributed by atoms with E-state index in [1.165, 1.54) is 10.4 Å². The standard InChI is InChI=1S/C17H19BrO4S/c1-4-20-17(19)10-22-14-6-5-13(7-11(14)2)21-9-15-12(3)8-16(18)23-15/h5-8H,4,9-10H2,1-3H3. The average molecular weight is 399 g/mol. The lowest BCUT2D eigenvalue weighted by Gasteiger charge is -2.11. The minimum absolute atomic E-state index is 0.0860. The zero-order valence-corrected chi connectivity index (χ0v) is 15.8. The average Bonchev–Trinajstić information content (AvgIpc) is 2.82. The Kier molecular flexibility index (Phi) is 6.47. The Morgan fingerprint density at radius 1 is 1.17 bits per heavy atom. The van der Waals surface area contributed by atoms with Crippen LogP contribution in [0.4, 0.5) is 0 Å². The van der Waals surface area contributed by atoms with Crippen molar-refractivity contribution in [2.45, 2.75) is 27.4 Å². The van der Waals surface area contributed by atoms with Crippen molar-refractivity contribution in [3.63, 3.8) is 0 Å².